The third-order valence-electron chi connectivity index (χ3n) is 4.74. The van der Waals surface area contributed by atoms with Crippen molar-refractivity contribution >= 4 is 22.7 Å². The van der Waals surface area contributed by atoms with E-state index in [1.807, 2.05) is 0 Å². The number of ether oxygens (including phenoxy) is 1. The van der Waals surface area contributed by atoms with Crippen molar-refractivity contribution in [3.8, 4) is 11.3 Å². The molecule has 28 heavy (non-hydrogen) atoms. The van der Waals surface area contributed by atoms with E-state index in [1.54, 1.807) is 23.5 Å². The SMILES string of the molecule is NCCn1c(-c2ccc(N3CCOCC3)cc2)cs/c1=N\c1ccc(F)cc1. The number of anilines is 1. The maximum Gasteiger partial charge on any atom is 0.190 e. The quantitative estimate of drug-likeness (QED) is 0.717. The topological polar surface area (TPSA) is 55.8 Å². The second-order valence-electron chi connectivity index (χ2n) is 6.58. The van der Waals surface area contributed by atoms with Gasteiger partial charge in [0.15, 0.2) is 4.80 Å². The summed E-state index contributed by atoms with van der Waals surface area (Å²) in [6.07, 6.45) is 0. The van der Waals surface area contributed by atoms with E-state index in [0.717, 1.165) is 48.0 Å². The number of nitrogens with zero attached hydrogens (tertiary/aromatic N) is 3. The van der Waals surface area contributed by atoms with E-state index in [-0.39, 0.29) is 5.82 Å². The van der Waals surface area contributed by atoms with Crippen molar-refractivity contribution in [1.29, 1.82) is 0 Å². The van der Waals surface area contributed by atoms with E-state index in [0.29, 0.717) is 13.1 Å². The van der Waals surface area contributed by atoms with Crippen molar-refractivity contribution in [3.63, 3.8) is 0 Å². The van der Waals surface area contributed by atoms with Gasteiger partial charge in [0.2, 0.25) is 0 Å². The molecular weight excluding hydrogens is 375 g/mol. The van der Waals surface area contributed by atoms with Crippen LogP contribution in [-0.2, 0) is 11.3 Å². The molecule has 0 saturated carbocycles. The molecule has 7 heteroatoms. The highest BCUT2D eigenvalue weighted by Crippen LogP contribution is 2.25. The van der Waals surface area contributed by atoms with Gasteiger partial charge in [-0.15, -0.1) is 11.3 Å². The lowest BCUT2D eigenvalue weighted by Crippen LogP contribution is -2.36. The average molecular weight is 399 g/mol. The average Bonchev–Trinajstić information content (AvgIpc) is 3.13. The minimum Gasteiger partial charge on any atom is -0.378 e. The van der Waals surface area contributed by atoms with Crippen LogP contribution in [0.15, 0.2) is 58.9 Å². The molecule has 0 radical (unpaired) electrons. The van der Waals surface area contributed by atoms with Crippen molar-refractivity contribution in [2.45, 2.75) is 6.54 Å². The Bertz CT molecular complexity index is 973. The second-order valence-corrected chi connectivity index (χ2v) is 7.41. The Morgan fingerprint density at radius 2 is 1.75 bits per heavy atom. The monoisotopic (exact) mass is 398 g/mol. The van der Waals surface area contributed by atoms with Crippen LogP contribution >= 0.6 is 11.3 Å². The highest BCUT2D eigenvalue weighted by atomic mass is 32.1. The molecular formula is C21H23FN4OS. The van der Waals surface area contributed by atoms with Crippen LogP contribution in [0.4, 0.5) is 15.8 Å². The predicted octanol–water partition coefficient (Wildman–Crippen LogP) is 3.38. The first-order valence-corrected chi connectivity index (χ1v) is 10.2. The van der Waals surface area contributed by atoms with Crippen LogP contribution in [0.25, 0.3) is 11.3 Å². The predicted molar refractivity (Wildman–Crippen MR) is 111 cm³/mol. The van der Waals surface area contributed by atoms with E-state index < -0.39 is 0 Å². The molecule has 146 valence electrons. The lowest BCUT2D eigenvalue weighted by molar-refractivity contribution is 0.122. The molecule has 1 fully saturated rings. The molecule has 0 aliphatic carbocycles. The molecule has 1 saturated heterocycles. The lowest BCUT2D eigenvalue weighted by Gasteiger charge is -2.28. The highest BCUT2D eigenvalue weighted by molar-refractivity contribution is 7.07. The standard InChI is InChI=1S/C21H23FN4OS/c22-17-3-5-18(6-4-17)24-21-26(10-9-23)20(15-28-21)16-1-7-19(8-2-16)25-11-13-27-14-12-25/h1-8,15H,9-14,23H2/b24-21-. The molecule has 2 heterocycles. The first-order valence-electron chi connectivity index (χ1n) is 9.36. The third-order valence-corrected chi connectivity index (χ3v) is 5.60. The van der Waals surface area contributed by atoms with Gasteiger partial charge >= 0.3 is 0 Å². The van der Waals surface area contributed by atoms with Gasteiger partial charge in [0.25, 0.3) is 0 Å². The number of thiazole rings is 1. The molecule has 3 aromatic rings. The highest BCUT2D eigenvalue weighted by Gasteiger charge is 2.12. The first kappa shape index (κ1) is 18.9. The zero-order valence-corrected chi connectivity index (χ0v) is 16.4. The van der Waals surface area contributed by atoms with Gasteiger partial charge in [-0.25, -0.2) is 9.38 Å². The number of benzene rings is 2. The van der Waals surface area contributed by atoms with Crippen LogP contribution in [0.2, 0.25) is 0 Å². The van der Waals surface area contributed by atoms with Gasteiger partial charge in [-0.3, -0.25) is 0 Å². The molecule has 1 aliphatic heterocycles. The van der Waals surface area contributed by atoms with E-state index in [4.69, 9.17) is 10.5 Å². The fraction of sp³-hybridized carbons (Fsp3) is 0.286. The summed E-state index contributed by atoms with van der Waals surface area (Å²) in [6.45, 7) is 4.58. The maximum atomic E-state index is 13.1. The van der Waals surface area contributed by atoms with Crippen molar-refractivity contribution in [3.05, 3.63) is 64.5 Å². The Balaban J connectivity index is 1.65. The number of hydrogen-bond acceptors (Lipinski definition) is 5. The molecule has 0 atom stereocenters. The van der Waals surface area contributed by atoms with Crippen molar-refractivity contribution in [2.24, 2.45) is 10.7 Å². The number of halogens is 1. The molecule has 0 spiro atoms. The lowest BCUT2D eigenvalue weighted by atomic mass is 10.1. The van der Waals surface area contributed by atoms with Crippen molar-refractivity contribution in [2.75, 3.05) is 37.7 Å². The summed E-state index contributed by atoms with van der Waals surface area (Å²) < 4.78 is 20.7. The van der Waals surface area contributed by atoms with Crippen molar-refractivity contribution < 1.29 is 9.13 Å². The van der Waals surface area contributed by atoms with Crippen LogP contribution in [0.5, 0.6) is 0 Å². The largest absolute Gasteiger partial charge is 0.378 e. The van der Waals surface area contributed by atoms with Gasteiger partial charge in [-0.05, 0) is 42.0 Å². The summed E-state index contributed by atoms with van der Waals surface area (Å²) in [5.41, 5.74) is 10.00. The molecule has 0 bridgehead atoms. The molecule has 4 rings (SSSR count). The van der Waals surface area contributed by atoms with Crippen LogP contribution in [-0.4, -0.2) is 37.4 Å². The van der Waals surface area contributed by atoms with Gasteiger partial charge in [0.1, 0.15) is 5.82 Å². The molecule has 2 aromatic carbocycles. The van der Waals surface area contributed by atoms with Crippen LogP contribution in [0.3, 0.4) is 0 Å². The van der Waals surface area contributed by atoms with Gasteiger partial charge in [-0.2, -0.15) is 0 Å². The maximum absolute atomic E-state index is 13.1. The third kappa shape index (κ3) is 4.16. The Morgan fingerprint density at radius 1 is 1.04 bits per heavy atom. The molecule has 1 aliphatic rings. The number of nitrogens with two attached hydrogens (primary N) is 1. The molecule has 2 N–H and O–H groups in total. The minimum absolute atomic E-state index is 0.263. The van der Waals surface area contributed by atoms with E-state index >= 15 is 0 Å². The van der Waals surface area contributed by atoms with Crippen LogP contribution < -0.4 is 15.4 Å². The van der Waals surface area contributed by atoms with Crippen LogP contribution in [0, 0.1) is 5.82 Å². The molecule has 0 unspecified atom stereocenters. The Kier molecular flexibility index (Phi) is 5.85. The fourth-order valence-electron chi connectivity index (χ4n) is 3.29. The van der Waals surface area contributed by atoms with Crippen LogP contribution in [0.1, 0.15) is 0 Å². The van der Waals surface area contributed by atoms with E-state index in [2.05, 4.69) is 44.1 Å². The Morgan fingerprint density at radius 3 is 2.43 bits per heavy atom. The van der Waals surface area contributed by atoms with E-state index in [9.17, 15) is 4.39 Å². The second kappa shape index (κ2) is 8.68. The summed E-state index contributed by atoms with van der Waals surface area (Å²) in [5.74, 6) is -0.263. The zero-order valence-electron chi connectivity index (χ0n) is 15.6. The number of morpholine rings is 1. The number of rotatable bonds is 5. The normalized spacial score (nSPS) is 15.2. The molecule has 1 aromatic heterocycles. The van der Waals surface area contributed by atoms with E-state index in [1.165, 1.54) is 17.8 Å². The summed E-state index contributed by atoms with van der Waals surface area (Å²) in [6, 6.07) is 14.8. The smallest absolute Gasteiger partial charge is 0.190 e. The van der Waals surface area contributed by atoms with Crippen molar-refractivity contribution in [1.82, 2.24) is 4.57 Å². The van der Waals surface area contributed by atoms with Gasteiger partial charge in [0, 0.05) is 37.2 Å². The van der Waals surface area contributed by atoms with Gasteiger partial charge < -0.3 is 19.9 Å². The zero-order chi connectivity index (χ0) is 19.3. The Labute approximate surface area is 167 Å². The summed E-state index contributed by atoms with van der Waals surface area (Å²) in [4.78, 5) is 7.86. The Hall–Kier alpha value is -2.48. The molecule has 0 amide bonds. The molecule has 5 nitrogen and oxygen atoms in total. The van der Waals surface area contributed by atoms with Gasteiger partial charge in [-0.1, -0.05) is 12.1 Å². The first-order chi connectivity index (χ1) is 13.7. The van der Waals surface area contributed by atoms with Gasteiger partial charge in [0.05, 0.1) is 24.6 Å². The number of hydrogen-bond donors (Lipinski definition) is 1. The summed E-state index contributed by atoms with van der Waals surface area (Å²) >= 11 is 1.56. The summed E-state index contributed by atoms with van der Waals surface area (Å²) in [7, 11) is 0. The fourth-order valence-corrected chi connectivity index (χ4v) is 4.24. The minimum atomic E-state index is -0.263. The summed E-state index contributed by atoms with van der Waals surface area (Å²) in [5, 5.41) is 2.10. The number of aromatic nitrogens is 1.